The summed E-state index contributed by atoms with van der Waals surface area (Å²) in [4.78, 5) is 0. The standard InChI is InChI=1S/C25H25F3O2/c1-3-4-5-6-17-9-13-22(21(26)15-17)30-16-18-7-10-19(11-8-18)20-12-14-23(29-2)25(28)24(20)27/h7-15H,3-6,16H2,1-2H3. The fraction of sp³-hybridized carbons (Fsp3) is 0.280. The van der Waals surface area contributed by atoms with Crippen LogP contribution in [0.3, 0.4) is 0 Å². The number of halogens is 3. The highest BCUT2D eigenvalue weighted by Gasteiger charge is 2.15. The van der Waals surface area contributed by atoms with Gasteiger partial charge in [0.1, 0.15) is 6.61 Å². The van der Waals surface area contributed by atoms with Gasteiger partial charge in [-0.1, -0.05) is 50.1 Å². The molecule has 0 aliphatic heterocycles. The maximum absolute atomic E-state index is 14.3. The Labute approximate surface area is 175 Å². The third-order valence-corrected chi connectivity index (χ3v) is 4.99. The molecule has 0 atom stereocenters. The molecule has 0 saturated carbocycles. The van der Waals surface area contributed by atoms with Crippen molar-refractivity contribution >= 4 is 0 Å². The van der Waals surface area contributed by atoms with Crippen molar-refractivity contribution in [1.82, 2.24) is 0 Å². The zero-order valence-corrected chi connectivity index (χ0v) is 17.2. The van der Waals surface area contributed by atoms with Gasteiger partial charge in [0.2, 0.25) is 5.82 Å². The molecular weight excluding hydrogens is 389 g/mol. The third kappa shape index (κ3) is 5.15. The predicted molar refractivity (Wildman–Crippen MR) is 112 cm³/mol. The lowest BCUT2D eigenvalue weighted by Crippen LogP contribution is -1.99. The molecule has 0 radical (unpaired) electrons. The van der Waals surface area contributed by atoms with Gasteiger partial charge in [0.15, 0.2) is 23.1 Å². The van der Waals surface area contributed by atoms with Crippen molar-refractivity contribution in [1.29, 1.82) is 0 Å². The molecule has 0 saturated heterocycles. The third-order valence-electron chi connectivity index (χ3n) is 4.99. The highest BCUT2D eigenvalue weighted by atomic mass is 19.2. The van der Waals surface area contributed by atoms with Crippen molar-refractivity contribution in [3.8, 4) is 22.6 Å². The van der Waals surface area contributed by atoms with Crippen LogP contribution in [0.1, 0.15) is 37.3 Å². The van der Waals surface area contributed by atoms with Gasteiger partial charge in [-0.15, -0.1) is 0 Å². The zero-order chi connectivity index (χ0) is 21.5. The van der Waals surface area contributed by atoms with Crippen molar-refractivity contribution < 1.29 is 22.6 Å². The molecule has 0 aromatic heterocycles. The summed E-state index contributed by atoms with van der Waals surface area (Å²) in [5.41, 5.74) is 2.43. The van der Waals surface area contributed by atoms with Crippen molar-refractivity contribution in [3.05, 3.63) is 83.2 Å². The molecule has 0 aliphatic carbocycles. The van der Waals surface area contributed by atoms with Crippen LogP contribution in [0.25, 0.3) is 11.1 Å². The van der Waals surface area contributed by atoms with E-state index in [-0.39, 0.29) is 29.5 Å². The summed E-state index contributed by atoms with van der Waals surface area (Å²) in [6, 6.07) is 14.8. The fourth-order valence-electron chi connectivity index (χ4n) is 3.25. The average Bonchev–Trinajstić information content (AvgIpc) is 2.76. The predicted octanol–water partition coefficient (Wildman–Crippen LogP) is 7.09. The summed E-state index contributed by atoms with van der Waals surface area (Å²) in [5.74, 6) is -2.30. The van der Waals surface area contributed by atoms with Crippen molar-refractivity contribution in [2.45, 2.75) is 39.2 Å². The zero-order valence-electron chi connectivity index (χ0n) is 17.2. The van der Waals surface area contributed by atoms with E-state index in [1.807, 2.05) is 6.07 Å². The highest BCUT2D eigenvalue weighted by molar-refractivity contribution is 5.65. The lowest BCUT2D eigenvalue weighted by atomic mass is 10.0. The second-order valence-electron chi connectivity index (χ2n) is 7.15. The van der Waals surface area contributed by atoms with Crippen LogP contribution in [0.2, 0.25) is 0 Å². The summed E-state index contributed by atoms with van der Waals surface area (Å²) < 4.78 is 52.9. The summed E-state index contributed by atoms with van der Waals surface area (Å²) in [5, 5.41) is 0. The minimum atomic E-state index is -1.02. The Morgan fingerprint density at radius 3 is 2.13 bits per heavy atom. The topological polar surface area (TPSA) is 18.5 Å². The molecule has 0 aliphatic rings. The maximum Gasteiger partial charge on any atom is 0.201 e. The smallest absolute Gasteiger partial charge is 0.201 e. The Morgan fingerprint density at radius 2 is 1.47 bits per heavy atom. The van der Waals surface area contributed by atoms with Gasteiger partial charge in [-0.05, 0) is 53.8 Å². The molecule has 0 amide bonds. The van der Waals surface area contributed by atoms with Gasteiger partial charge in [-0.25, -0.2) is 8.78 Å². The Morgan fingerprint density at radius 1 is 0.767 bits per heavy atom. The van der Waals surface area contributed by atoms with E-state index in [0.29, 0.717) is 5.56 Å². The van der Waals surface area contributed by atoms with Crippen LogP contribution in [0.5, 0.6) is 11.5 Å². The molecule has 2 nitrogen and oxygen atoms in total. The summed E-state index contributed by atoms with van der Waals surface area (Å²) in [7, 11) is 1.29. The molecule has 30 heavy (non-hydrogen) atoms. The van der Waals surface area contributed by atoms with Crippen LogP contribution in [0.4, 0.5) is 13.2 Å². The van der Waals surface area contributed by atoms with E-state index in [2.05, 4.69) is 6.92 Å². The number of aryl methyl sites for hydroxylation is 1. The molecule has 0 fully saturated rings. The van der Waals surface area contributed by atoms with E-state index < -0.39 is 11.6 Å². The van der Waals surface area contributed by atoms with E-state index in [4.69, 9.17) is 9.47 Å². The average molecular weight is 414 g/mol. The first-order chi connectivity index (χ1) is 14.5. The van der Waals surface area contributed by atoms with Crippen molar-refractivity contribution in [3.63, 3.8) is 0 Å². The molecule has 0 bridgehead atoms. The summed E-state index contributed by atoms with van der Waals surface area (Å²) >= 11 is 0. The first-order valence-electron chi connectivity index (χ1n) is 10.1. The van der Waals surface area contributed by atoms with Gasteiger partial charge in [-0.3, -0.25) is 0 Å². The molecule has 0 heterocycles. The van der Waals surface area contributed by atoms with Crippen LogP contribution in [-0.2, 0) is 13.0 Å². The number of benzene rings is 3. The molecule has 158 valence electrons. The SMILES string of the molecule is CCCCCc1ccc(OCc2ccc(-c3ccc(OC)c(F)c3F)cc2)c(F)c1. The number of hydrogen-bond acceptors (Lipinski definition) is 2. The lowest BCUT2D eigenvalue weighted by molar-refractivity contribution is 0.290. The monoisotopic (exact) mass is 414 g/mol. The molecule has 3 aromatic carbocycles. The molecule has 0 unspecified atom stereocenters. The first-order valence-corrected chi connectivity index (χ1v) is 10.1. The molecule has 3 aromatic rings. The Balaban J connectivity index is 1.65. The van der Waals surface area contributed by atoms with E-state index >= 15 is 0 Å². The van der Waals surface area contributed by atoms with Crippen molar-refractivity contribution in [2.75, 3.05) is 7.11 Å². The van der Waals surface area contributed by atoms with Gasteiger partial charge < -0.3 is 9.47 Å². The normalized spacial score (nSPS) is 10.8. The van der Waals surface area contributed by atoms with E-state index in [9.17, 15) is 13.2 Å². The second-order valence-corrected chi connectivity index (χ2v) is 7.15. The Kier molecular flexibility index (Phi) is 7.39. The highest BCUT2D eigenvalue weighted by Crippen LogP contribution is 2.30. The summed E-state index contributed by atoms with van der Waals surface area (Å²) in [6.07, 6.45) is 4.15. The minimum absolute atomic E-state index is 0.139. The summed E-state index contributed by atoms with van der Waals surface area (Å²) in [6.45, 7) is 2.31. The van der Waals surface area contributed by atoms with Gasteiger partial charge >= 0.3 is 0 Å². The van der Waals surface area contributed by atoms with Gasteiger partial charge in [0.05, 0.1) is 7.11 Å². The largest absolute Gasteiger partial charge is 0.494 e. The van der Waals surface area contributed by atoms with E-state index in [1.54, 1.807) is 30.3 Å². The molecule has 3 rings (SSSR count). The van der Waals surface area contributed by atoms with E-state index in [1.165, 1.54) is 25.3 Å². The second kappa shape index (κ2) is 10.2. The van der Waals surface area contributed by atoms with Gasteiger partial charge in [-0.2, -0.15) is 4.39 Å². The number of ether oxygens (including phenoxy) is 2. The van der Waals surface area contributed by atoms with Crippen molar-refractivity contribution in [2.24, 2.45) is 0 Å². The minimum Gasteiger partial charge on any atom is -0.494 e. The van der Waals surface area contributed by atoms with E-state index in [0.717, 1.165) is 36.8 Å². The van der Waals surface area contributed by atoms with Crippen LogP contribution in [0.15, 0.2) is 54.6 Å². The van der Waals surface area contributed by atoms with Crippen LogP contribution in [0, 0.1) is 17.5 Å². The maximum atomic E-state index is 14.3. The lowest BCUT2D eigenvalue weighted by Gasteiger charge is -2.11. The van der Waals surface area contributed by atoms with Gasteiger partial charge in [0.25, 0.3) is 0 Å². The Hall–Kier alpha value is -2.95. The molecule has 5 heteroatoms. The van der Waals surface area contributed by atoms with Crippen LogP contribution in [-0.4, -0.2) is 7.11 Å². The quantitative estimate of drug-likeness (QED) is 0.348. The fourth-order valence-corrected chi connectivity index (χ4v) is 3.25. The molecule has 0 N–H and O–H groups in total. The number of rotatable bonds is 9. The van der Waals surface area contributed by atoms with Crippen LogP contribution >= 0.6 is 0 Å². The molecular formula is C25H25F3O2. The number of hydrogen-bond donors (Lipinski definition) is 0. The first kappa shape index (κ1) is 21.8. The van der Waals surface area contributed by atoms with Crippen LogP contribution < -0.4 is 9.47 Å². The number of methoxy groups -OCH3 is 1. The number of unbranched alkanes of at least 4 members (excludes halogenated alkanes) is 2. The van der Waals surface area contributed by atoms with Gasteiger partial charge in [0, 0.05) is 5.56 Å². The Bertz CT molecular complexity index is 984. The molecule has 0 spiro atoms.